The molecule has 0 unspecified atom stereocenters. The molecule has 0 atom stereocenters. The van der Waals surface area contributed by atoms with E-state index in [2.05, 4.69) is 31.8 Å². The Labute approximate surface area is 229 Å². The molecule has 7 nitrogen and oxygen atoms in total. The molecule has 0 saturated carbocycles. The van der Waals surface area contributed by atoms with E-state index in [9.17, 15) is 14.0 Å². The minimum absolute atomic E-state index is 0.106. The number of benzene rings is 3. The number of nitrogens with one attached hydrogen (secondary N) is 2. The van der Waals surface area contributed by atoms with Crippen molar-refractivity contribution in [3.63, 3.8) is 0 Å². The van der Waals surface area contributed by atoms with Crippen molar-refractivity contribution in [2.45, 2.75) is 13.5 Å². The van der Waals surface area contributed by atoms with Crippen molar-refractivity contribution in [2.24, 2.45) is 5.10 Å². The predicted molar refractivity (Wildman–Crippen MR) is 142 cm³/mol. The first-order valence-electron chi connectivity index (χ1n) is 10.3. The van der Waals surface area contributed by atoms with Gasteiger partial charge in [-0.3, -0.25) is 9.59 Å². The van der Waals surface area contributed by atoms with Gasteiger partial charge < -0.3 is 14.8 Å². The number of rotatable bonds is 8. The van der Waals surface area contributed by atoms with Crippen LogP contribution in [0.25, 0.3) is 0 Å². The van der Waals surface area contributed by atoms with E-state index in [1.54, 1.807) is 30.3 Å². The van der Waals surface area contributed by atoms with Crippen LogP contribution in [0.2, 0.25) is 15.1 Å². The second-order valence-electron chi connectivity index (χ2n) is 7.03. The molecule has 188 valence electrons. The number of ether oxygens (including phenoxy) is 2. The van der Waals surface area contributed by atoms with Crippen LogP contribution in [-0.4, -0.2) is 24.6 Å². The van der Waals surface area contributed by atoms with Crippen LogP contribution >= 0.6 is 50.7 Å². The van der Waals surface area contributed by atoms with Gasteiger partial charge in [0.25, 0.3) is 0 Å². The lowest BCUT2D eigenvalue weighted by Crippen LogP contribution is -2.32. The standard InChI is InChI=1S/C24H18BrCl3FN3O4/c1-2-35-21-9-13(8-16(25)22(21)36-12-15-17(26)4-3-5-18(15)27)11-30-32-24(34)23(33)31-14-6-7-20(29)19(28)10-14/h3-11H,2,12H2,1H3,(H,31,33)(H,32,34). The summed E-state index contributed by atoms with van der Waals surface area (Å²) in [6.45, 7) is 2.28. The fourth-order valence-electron chi connectivity index (χ4n) is 2.86. The van der Waals surface area contributed by atoms with Gasteiger partial charge in [0.1, 0.15) is 12.4 Å². The summed E-state index contributed by atoms with van der Waals surface area (Å²) in [7, 11) is 0. The van der Waals surface area contributed by atoms with Crippen molar-refractivity contribution in [1.29, 1.82) is 0 Å². The fourth-order valence-corrected chi connectivity index (χ4v) is 4.12. The second kappa shape index (κ2) is 12.9. The smallest absolute Gasteiger partial charge is 0.329 e. The molecule has 0 radical (unpaired) electrons. The van der Waals surface area contributed by atoms with Crippen LogP contribution in [0.4, 0.5) is 10.1 Å². The lowest BCUT2D eigenvalue weighted by Gasteiger charge is -2.15. The molecule has 0 heterocycles. The van der Waals surface area contributed by atoms with E-state index in [1.165, 1.54) is 18.3 Å². The summed E-state index contributed by atoms with van der Waals surface area (Å²) < 4.78 is 25.4. The minimum atomic E-state index is -1.03. The maximum atomic E-state index is 13.2. The average molecular weight is 618 g/mol. The summed E-state index contributed by atoms with van der Waals surface area (Å²) in [5.41, 5.74) is 3.44. The minimum Gasteiger partial charge on any atom is -0.490 e. The lowest BCUT2D eigenvalue weighted by atomic mass is 10.2. The van der Waals surface area contributed by atoms with Crippen LogP contribution in [0.5, 0.6) is 11.5 Å². The summed E-state index contributed by atoms with van der Waals surface area (Å²) in [5.74, 6) is -1.86. The number of anilines is 1. The van der Waals surface area contributed by atoms with Crippen molar-refractivity contribution in [3.8, 4) is 11.5 Å². The molecular formula is C24H18BrCl3FN3O4. The number of carbonyl (C=O) groups excluding carboxylic acids is 2. The largest absolute Gasteiger partial charge is 0.490 e. The zero-order valence-corrected chi connectivity index (χ0v) is 22.4. The van der Waals surface area contributed by atoms with E-state index in [0.717, 1.165) is 6.07 Å². The zero-order valence-electron chi connectivity index (χ0n) is 18.6. The summed E-state index contributed by atoms with van der Waals surface area (Å²) in [6.07, 6.45) is 1.32. The summed E-state index contributed by atoms with van der Waals surface area (Å²) in [5, 5.41) is 6.86. The monoisotopic (exact) mass is 615 g/mol. The van der Waals surface area contributed by atoms with Gasteiger partial charge in [0.2, 0.25) is 0 Å². The third-order valence-electron chi connectivity index (χ3n) is 4.52. The van der Waals surface area contributed by atoms with E-state index in [-0.39, 0.29) is 17.3 Å². The molecule has 0 spiro atoms. The number of hydrogen-bond donors (Lipinski definition) is 2. The Morgan fingerprint density at radius 1 is 1.03 bits per heavy atom. The van der Waals surface area contributed by atoms with Gasteiger partial charge in [-0.1, -0.05) is 40.9 Å². The van der Waals surface area contributed by atoms with E-state index in [1.807, 2.05) is 6.92 Å². The summed E-state index contributed by atoms with van der Waals surface area (Å²) in [4.78, 5) is 24.1. The molecule has 2 amide bonds. The Balaban J connectivity index is 1.68. The number of nitrogens with zero attached hydrogens (tertiary/aromatic N) is 1. The highest BCUT2D eigenvalue weighted by molar-refractivity contribution is 9.10. The quantitative estimate of drug-likeness (QED) is 0.169. The number of amides is 2. The van der Waals surface area contributed by atoms with E-state index >= 15 is 0 Å². The molecular weight excluding hydrogens is 600 g/mol. The Morgan fingerprint density at radius 3 is 2.42 bits per heavy atom. The van der Waals surface area contributed by atoms with Gasteiger partial charge in [0.05, 0.1) is 22.3 Å². The predicted octanol–water partition coefficient (Wildman–Crippen LogP) is 6.61. The Hall–Kier alpha value is -2.85. The number of hydrogen-bond acceptors (Lipinski definition) is 5. The Kier molecular flexibility index (Phi) is 9.95. The first-order chi connectivity index (χ1) is 17.2. The molecule has 0 aliphatic carbocycles. The van der Waals surface area contributed by atoms with Crippen LogP contribution in [0.3, 0.4) is 0 Å². The normalized spacial score (nSPS) is 10.8. The number of carbonyl (C=O) groups is 2. The third kappa shape index (κ3) is 7.33. The van der Waals surface area contributed by atoms with Crippen LogP contribution in [0, 0.1) is 5.82 Å². The van der Waals surface area contributed by atoms with Gasteiger partial charge >= 0.3 is 11.8 Å². The second-order valence-corrected chi connectivity index (χ2v) is 9.11. The molecule has 2 N–H and O–H groups in total. The maximum Gasteiger partial charge on any atom is 0.329 e. The molecule has 3 aromatic rings. The van der Waals surface area contributed by atoms with E-state index in [4.69, 9.17) is 44.3 Å². The fraction of sp³-hybridized carbons (Fsp3) is 0.125. The van der Waals surface area contributed by atoms with Gasteiger partial charge in [0, 0.05) is 21.3 Å². The number of halogens is 5. The molecule has 3 rings (SSSR count). The molecule has 0 aliphatic heterocycles. The summed E-state index contributed by atoms with van der Waals surface area (Å²) in [6, 6.07) is 12.0. The highest BCUT2D eigenvalue weighted by Gasteiger charge is 2.16. The topological polar surface area (TPSA) is 89.0 Å². The highest BCUT2D eigenvalue weighted by Crippen LogP contribution is 2.38. The van der Waals surface area contributed by atoms with E-state index < -0.39 is 17.6 Å². The van der Waals surface area contributed by atoms with Crippen LogP contribution in [0.15, 0.2) is 58.1 Å². The summed E-state index contributed by atoms with van der Waals surface area (Å²) >= 11 is 21.5. The molecule has 0 aliphatic rings. The highest BCUT2D eigenvalue weighted by atomic mass is 79.9. The van der Waals surface area contributed by atoms with Gasteiger partial charge in [-0.15, -0.1) is 0 Å². The third-order valence-corrected chi connectivity index (χ3v) is 6.10. The molecule has 0 saturated heterocycles. The van der Waals surface area contributed by atoms with Crippen molar-refractivity contribution in [3.05, 3.63) is 85.0 Å². The SMILES string of the molecule is CCOc1cc(C=NNC(=O)C(=O)Nc2ccc(F)c(Cl)c2)cc(Br)c1OCc1c(Cl)cccc1Cl. The molecule has 3 aromatic carbocycles. The molecule has 12 heteroatoms. The van der Waals surface area contributed by atoms with Crippen LogP contribution < -0.4 is 20.2 Å². The number of hydrazone groups is 1. The molecule has 0 fully saturated rings. The average Bonchev–Trinajstić information content (AvgIpc) is 2.82. The van der Waals surface area contributed by atoms with Crippen molar-refractivity contribution in [1.82, 2.24) is 5.43 Å². The molecule has 36 heavy (non-hydrogen) atoms. The maximum absolute atomic E-state index is 13.2. The van der Waals surface area contributed by atoms with E-state index in [0.29, 0.717) is 43.8 Å². The van der Waals surface area contributed by atoms with Gasteiger partial charge in [0.15, 0.2) is 11.5 Å². The molecule has 0 bridgehead atoms. The van der Waals surface area contributed by atoms with Crippen LogP contribution in [-0.2, 0) is 16.2 Å². The molecule has 0 aromatic heterocycles. The lowest BCUT2D eigenvalue weighted by molar-refractivity contribution is -0.136. The van der Waals surface area contributed by atoms with Crippen molar-refractivity contribution >= 4 is 74.4 Å². The Bertz CT molecular complexity index is 1300. The van der Waals surface area contributed by atoms with Gasteiger partial charge in [-0.2, -0.15) is 5.10 Å². The van der Waals surface area contributed by atoms with Gasteiger partial charge in [-0.25, -0.2) is 9.82 Å². The Morgan fingerprint density at radius 2 is 1.75 bits per heavy atom. The van der Waals surface area contributed by atoms with Crippen LogP contribution in [0.1, 0.15) is 18.1 Å². The first-order valence-corrected chi connectivity index (χ1v) is 12.2. The van der Waals surface area contributed by atoms with Crippen molar-refractivity contribution < 1.29 is 23.5 Å². The van der Waals surface area contributed by atoms with Crippen molar-refractivity contribution in [2.75, 3.05) is 11.9 Å². The van der Waals surface area contributed by atoms with Gasteiger partial charge in [-0.05, 0) is 70.9 Å². The zero-order chi connectivity index (χ0) is 26.2. The first kappa shape index (κ1) is 27.7.